The first-order valence-corrected chi connectivity index (χ1v) is 5.90. The van der Waals surface area contributed by atoms with E-state index >= 15 is 0 Å². The largest absolute Gasteiger partial charge is 0.345 e. The van der Waals surface area contributed by atoms with Crippen LogP contribution in [-0.2, 0) is 9.59 Å². The van der Waals surface area contributed by atoms with E-state index in [1.807, 2.05) is 27.7 Å². The smallest absolute Gasteiger partial charge is 0.237 e. The Hall–Kier alpha value is -0.900. The highest BCUT2D eigenvalue weighted by atomic mass is 16.2. The average molecular weight is 228 g/mol. The summed E-state index contributed by atoms with van der Waals surface area (Å²) in [7, 11) is 1.75. The fraction of sp³-hybridized carbons (Fsp3) is 0.833. The highest BCUT2D eigenvalue weighted by Gasteiger charge is 2.24. The lowest BCUT2D eigenvalue weighted by Crippen LogP contribution is -2.51. The van der Waals surface area contributed by atoms with Gasteiger partial charge >= 0.3 is 0 Å². The highest BCUT2D eigenvalue weighted by Crippen LogP contribution is 2.07. The van der Waals surface area contributed by atoms with Crippen LogP contribution in [0.2, 0.25) is 0 Å². The molecular weight excluding hydrogens is 204 g/mol. The lowest BCUT2D eigenvalue weighted by Gasteiger charge is -2.24. The minimum Gasteiger partial charge on any atom is -0.345 e. The number of carbonyl (C=O) groups is 2. The Kier molecular flexibility index (Phi) is 6.97. The predicted molar refractivity (Wildman–Crippen MR) is 65.1 cm³/mol. The minimum absolute atomic E-state index is 0.102. The summed E-state index contributed by atoms with van der Waals surface area (Å²) >= 11 is 0. The van der Waals surface area contributed by atoms with Gasteiger partial charge in [0.05, 0.1) is 12.1 Å². The zero-order valence-electron chi connectivity index (χ0n) is 10.9. The third-order valence-corrected chi connectivity index (χ3v) is 2.97. The number of amides is 1. The van der Waals surface area contributed by atoms with Crippen LogP contribution < -0.4 is 10.6 Å². The van der Waals surface area contributed by atoms with Crippen molar-refractivity contribution in [2.24, 2.45) is 11.8 Å². The summed E-state index contributed by atoms with van der Waals surface area (Å²) < 4.78 is 0. The molecule has 1 amide bonds. The van der Waals surface area contributed by atoms with Crippen molar-refractivity contribution in [3.63, 3.8) is 0 Å². The number of aldehydes is 1. The Morgan fingerprint density at radius 1 is 1.31 bits per heavy atom. The number of hydrogen-bond acceptors (Lipinski definition) is 3. The Morgan fingerprint density at radius 2 is 1.88 bits per heavy atom. The van der Waals surface area contributed by atoms with E-state index in [1.54, 1.807) is 7.05 Å². The van der Waals surface area contributed by atoms with E-state index in [9.17, 15) is 9.59 Å². The van der Waals surface area contributed by atoms with Gasteiger partial charge in [-0.25, -0.2) is 0 Å². The van der Waals surface area contributed by atoms with Crippen molar-refractivity contribution >= 4 is 12.2 Å². The zero-order valence-corrected chi connectivity index (χ0v) is 10.9. The van der Waals surface area contributed by atoms with Gasteiger partial charge in [0.2, 0.25) is 5.91 Å². The Bertz CT molecular complexity index is 229. The molecule has 16 heavy (non-hydrogen) atoms. The molecule has 0 aliphatic carbocycles. The molecule has 0 unspecified atom stereocenters. The lowest BCUT2D eigenvalue weighted by molar-refractivity contribution is -0.127. The van der Waals surface area contributed by atoms with E-state index in [0.717, 1.165) is 12.7 Å². The first kappa shape index (κ1) is 15.1. The van der Waals surface area contributed by atoms with Gasteiger partial charge in [0.15, 0.2) is 0 Å². The second kappa shape index (κ2) is 7.39. The van der Waals surface area contributed by atoms with Crippen LogP contribution in [0.15, 0.2) is 0 Å². The minimum atomic E-state index is -0.382. The highest BCUT2D eigenvalue weighted by molar-refractivity contribution is 5.84. The van der Waals surface area contributed by atoms with E-state index in [2.05, 4.69) is 10.6 Å². The number of likely N-dealkylation sites (N-methyl/N-ethyl adjacent to an activating group) is 1. The fourth-order valence-electron chi connectivity index (χ4n) is 1.59. The fourth-order valence-corrected chi connectivity index (χ4v) is 1.59. The monoisotopic (exact) mass is 228 g/mol. The molecule has 2 N–H and O–H groups in total. The van der Waals surface area contributed by atoms with E-state index < -0.39 is 0 Å². The Labute approximate surface area is 98.2 Å². The Morgan fingerprint density at radius 3 is 2.19 bits per heavy atom. The van der Waals surface area contributed by atoms with Gasteiger partial charge in [-0.1, -0.05) is 34.1 Å². The van der Waals surface area contributed by atoms with Crippen LogP contribution in [-0.4, -0.2) is 31.3 Å². The summed E-state index contributed by atoms with van der Waals surface area (Å²) in [6.07, 6.45) is 1.69. The lowest BCUT2D eigenvalue weighted by atomic mass is 9.98. The maximum atomic E-state index is 11.9. The van der Waals surface area contributed by atoms with Gasteiger partial charge in [-0.05, 0) is 18.9 Å². The van der Waals surface area contributed by atoms with Crippen LogP contribution in [0.1, 0.15) is 34.1 Å². The summed E-state index contributed by atoms with van der Waals surface area (Å²) in [6.45, 7) is 7.91. The number of rotatable bonds is 7. The van der Waals surface area contributed by atoms with Crippen LogP contribution in [0.5, 0.6) is 0 Å². The molecule has 94 valence electrons. The van der Waals surface area contributed by atoms with E-state index in [0.29, 0.717) is 0 Å². The summed E-state index contributed by atoms with van der Waals surface area (Å²) in [5.41, 5.74) is 0. The van der Waals surface area contributed by atoms with Gasteiger partial charge in [-0.3, -0.25) is 4.79 Å². The van der Waals surface area contributed by atoms with Crippen molar-refractivity contribution in [2.45, 2.75) is 46.2 Å². The van der Waals surface area contributed by atoms with Gasteiger partial charge in [0.1, 0.15) is 6.29 Å². The Balaban J connectivity index is 4.45. The maximum absolute atomic E-state index is 11.9. The van der Waals surface area contributed by atoms with Crippen LogP contribution in [0.4, 0.5) is 0 Å². The second-order valence-corrected chi connectivity index (χ2v) is 4.57. The zero-order chi connectivity index (χ0) is 12.7. The SMILES string of the molecule is CC[C@H](C)[C@@H](C=O)NC(=O)[C@@H](NC)C(C)C. The molecule has 4 nitrogen and oxygen atoms in total. The topological polar surface area (TPSA) is 58.2 Å². The van der Waals surface area contributed by atoms with Crippen LogP contribution in [0.25, 0.3) is 0 Å². The third-order valence-electron chi connectivity index (χ3n) is 2.97. The van der Waals surface area contributed by atoms with Crippen LogP contribution in [0, 0.1) is 11.8 Å². The maximum Gasteiger partial charge on any atom is 0.237 e. The second-order valence-electron chi connectivity index (χ2n) is 4.57. The summed E-state index contributed by atoms with van der Waals surface area (Å²) in [5, 5.41) is 5.74. The van der Waals surface area contributed by atoms with E-state index in [4.69, 9.17) is 0 Å². The van der Waals surface area contributed by atoms with Crippen molar-refractivity contribution in [1.82, 2.24) is 10.6 Å². The standard InChI is InChI=1S/C12H24N2O2/c1-6-9(4)10(7-15)14-12(16)11(13-5)8(2)3/h7-11,13H,6H2,1-5H3,(H,14,16)/t9-,10+,11-/m0/s1. The molecule has 0 spiro atoms. The average Bonchev–Trinajstić information content (AvgIpc) is 2.25. The number of carbonyl (C=O) groups excluding carboxylic acids is 2. The molecule has 0 aliphatic rings. The van der Waals surface area contributed by atoms with Gasteiger partial charge in [0.25, 0.3) is 0 Å². The summed E-state index contributed by atoms with van der Waals surface area (Å²) in [5.74, 6) is 0.273. The number of hydrogen-bond donors (Lipinski definition) is 2. The molecule has 0 rings (SSSR count). The quantitative estimate of drug-likeness (QED) is 0.638. The van der Waals surface area contributed by atoms with Gasteiger partial charge in [-0.2, -0.15) is 0 Å². The molecule has 0 saturated carbocycles. The van der Waals surface area contributed by atoms with Crippen LogP contribution >= 0.6 is 0 Å². The molecule has 0 radical (unpaired) electrons. The summed E-state index contributed by atoms with van der Waals surface area (Å²) in [4.78, 5) is 22.8. The molecule has 0 bridgehead atoms. The molecule has 0 aromatic carbocycles. The van der Waals surface area contributed by atoms with Gasteiger partial charge < -0.3 is 15.4 Å². The van der Waals surface area contributed by atoms with E-state index in [-0.39, 0.29) is 29.8 Å². The molecule has 4 heteroatoms. The molecule has 0 heterocycles. The van der Waals surface area contributed by atoms with Crippen molar-refractivity contribution < 1.29 is 9.59 Å². The van der Waals surface area contributed by atoms with E-state index in [1.165, 1.54) is 0 Å². The van der Waals surface area contributed by atoms with Crippen LogP contribution in [0.3, 0.4) is 0 Å². The molecule has 3 atom stereocenters. The van der Waals surface area contributed by atoms with Gasteiger partial charge in [0, 0.05) is 0 Å². The third kappa shape index (κ3) is 4.31. The summed E-state index contributed by atoms with van der Waals surface area (Å²) in [6, 6.07) is -0.626. The molecule has 0 aliphatic heterocycles. The van der Waals surface area contributed by atoms with Crippen molar-refractivity contribution in [3.8, 4) is 0 Å². The molecular formula is C12H24N2O2. The first-order chi connectivity index (χ1) is 7.47. The molecule has 0 saturated heterocycles. The normalized spacial score (nSPS) is 16.6. The predicted octanol–water partition coefficient (Wildman–Crippen LogP) is 0.960. The van der Waals surface area contributed by atoms with Crippen molar-refractivity contribution in [2.75, 3.05) is 7.05 Å². The first-order valence-electron chi connectivity index (χ1n) is 5.90. The van der Waals surface area contributed by atoms with Gasteiger partial charge in [-0.15, -0.1) is 0 Å². The molecule has 0 aromatic rings. The van der Waals surface area contributed by atoms with Crippen molar-refractivity contribution in [1.29, 1.82) is 0 Å². The molecule has 0 fully saturated rings. The molecule has 0 aromatic heterocycles. The van der Waals surface area contributed by atoms with Crippen molar-refractivity contribution in [3.05, 3.63) is 0 Å². The number of nitrogens with one attached hydrogen (secondary N) is 2.